The summed E-state index contributed by atoms with van der Waals surface area (Å²) in [4.78, 5) is 0. The fourth-order valence-electron chi connectivity index (χ4n) is 2.33. The lowest BCUT2D eigenvalue weighted by Gasteiger charge is -2.44. The van der Waals surface area contributed by atoms with Gasteiger partial charge in [-0.25, -0.2) is 0 Å². The quantitative estimate of drug-likeness (QED) is 0.268. The summed E-state index contributed by atoms with van der Waals surface area (Å²) in [6.07, 6.45) is -10.8. The van der Waals surface area contributed by atoms with E-state index < -0.39 is 61.9 Å². The molecule has 4 unspecified atom stereocenters. The predicted octanol–water partition coefficient (Wildman–Crippen LogP) is -4.79. The minimum atomic E-state index is -1.55. The van der Waals surface area contributed by atoms with E-state index in [1.807, 2.05) is 0 Å². The summed E-state index contributed by atoms with van der Waals surface area (Å²) < 4.78 is 15.3. The lowest BCUT2D eigenvalue weighted by atomic mass is 9.97. The highest BCUT2D eigenvalue weighted by Crippen LogP contribution is 2.25. The fourth-order valence-corrected chi connectivity index (χ4v) is 2.33. The van der Waals surface area contributed by atoms with Gasteiger partial charge in [-0.15, -0.1) is 0 Å². The highest BCUT2D eigenvalue weighted by atomic mass is 16.7. The van der Waals surface area contributed by atoms with Crippen molar-refractivity contribution >= 4 is 0 Å². The average Bonchev–Trinajstić information content (AvgIpc) is 2.47. The Hall–Kier alpha value is -0.400. The summed E-state index contributed by atoms with van der Waals surface area (Å²) in [6, 6.07) is -1.15. The molecule has 2 saturated heterocycles. The molecule has 2 fully saturated rings. The van der Waals surface area contributed by atoms with Gasteiger partial charge in [-0.2, -0.15) is 0 Å². The van der Waals surface area contributed by atoms with Crippen molar-refractivity contribution in [2.75, 3.05) is 13.2 Å². The molecule has 0 radical (unpaired) electrons. The summed E-state index contributed by atoms with van der Waals surface area (Å²) in [5.41, 5.74) is 5.66. The Morgan fingerprint density at radius 3 is 2.33 bits per heavy atom. The molecular weight excluding hydrogens is 290 g/mol. The van der Waals surface area contributed by atoms with Gasteiger partial charge >= 0.3 is 0 Å². The second kappa shape index (κ2) is 6.79. The maximum atomic E-state index is 10.0. The Kier molecular flexibility index (Phi) is 5.48. The Labute approximate surface area is 120 Å². The van der Waals surface area contributed by atoms with E-state index in [0.29, 0.717) is 0 Å². The molecule has 0 aromatic rings. The van der Waals surface area contributed by atoms with Crippen LogP contribution in [-0.2, 0) is 14.2 Å². The molecule has 2 aliphatic rings. The van der Waals surface area contributed by atoms with Crippen LogP contribution in [0, 0.1) is 0 Å². The summed E-state index contributed by atoms with van der Waals surface area (Å²) in [7, 11) is 0. The third-order valence-electron chi connectivity index (χ3n) is 3.67. The molecule has 0 aliphatic carbocycles. The predicted molar refractivity (Wildman–Crippen MR) is 64.6 cm³/mol. The van der Waals surface area contributed by atoms with Gasteiger partial charge in [0, 0.05) is 0 Å². The first-order valence-electron chi connectivity index (χ1n) is 6.56. The van der Waals surface area contributed by atoms with E-state index in [1.54, 1.807) is 0 Å². The van der Waals surface area contributed by atoms with Gasteiger partial charge in [-0.3, -0.25) is 0 Å². The highest BCUT2D eigenvalue weighted by molar-refractivity contribution is 4.93. The van der Waals surface area contributed by atoms with Crippen LogP contribution in [0.2, 0.25) is 0 Å². The summed E-state index contributed by atoms with van der Waals surface area (Å²) in [5, 5.41) is 57.4. The number of hydrogen-bond donors (Lipinski definition) is 7. The van der Waals surface area contributed by atoms with Gasteiger partial charge in [0.1, 0.15) is 36.6 Å². The highest BCUT2D eigenvalue weighted by Gasteiger charge is 2.47. The smallest absolute Gasteiger partial charge is 0.186 e. The molecule has 0 aromatic heterocycles. The van der Waals surface area contributed by atoms with Crippen LogP contribution in [0.4, 0.5) is 0 Å². The molecule has 10 heteroatoms. The van der Waals surface area contributed by atoms with Crippen molar-refractivity contribution in [3.63, 3.8) is 0 Å². The maximum Gasteiger partial charge on any atom is 0.186 e. The van der Waals surface area contributed by atoms with E-state index in [0.717, 1.165) is 0 Å². The van der Waals surface area contributed by atoms with Crippen LogP contribution in [0.15, 0.2) is 0 Å². The van der Waals surface area contributed by atoms with Crippen LogP contribution < -0.4 is 5.73 Å². The van der Waals surface area contributed by atoms with Crippen LogP contribution in [0.3, 0.4) is 0 Å². The zero-order valence-corrected chi connectivity index (χ0v) is 11.1. The summed E-state index contributed by atoms with van der Waals surface area (Å²) in [6.45, 7) is -0.844. The first kappa shape index (κ1) is 17.0. The number of aliphatic hydroxyl groups is 6. The van der Waals surface area contributed by atoms with Crippen LogP contribution in [0.25, 0.3) is 0 Å². The van der Waals surface area contributed by atoms with Crippen molar-refractivity contribution in [2.45, 2.75) is 55.2 Å². The molecular formula is C11H21NO9. The van der Waals surface area contributed by atoms with Crippen molar-refractivity contribution in [3.05, 3.63) is 0 Å². The van der Waals surface area contributed by atoms with Gasteiger partial charge in [0.05, 0.1) is 19.3 Å². The molecule has 0 saturated carbocycles. The fraction of sp³-hybridized carbons (Fsp3) is 1.00. The zero-order valence-electron chi connectivity index (χ0n) is 11.1. The summed E-state index contributed by atoms with van der Waals surface area (Å²) >= 11 is 0. The third kappa shape index (κ3) is 3.35. The first-order chi connectivity index (χ1) is 9.86. The Morgan fingerprint density at radius 1 is 1.05 bits per heavy atom. The van der Waals surface area contributed by atoms with Gasteiger partial charge in [0.25, 0.3) is 0 Å². The molecule has 2 rings (SSSR count). The monoisotopic (exact) mass is 311 g/mol. The van der Waals surface area contributed by atoms with Gasteiger partial charge < -0.3 is 50.6 Å². The molecule has 21 heavy (non-hydrogen) atoms. The Bertz CT molecular complexity index is 346. The molecule has 0 bridgehead atoms. The van der Waals surface area contributed by atoms with E-state index in [-0.39, 0.29) is 6.61 Å². The van der Waals surface area contributed by atoms with Crippen LogP contribution in [0.1, 0.15) is 0 Å². The van der Waals surface area contributed by atoms with E-state index in [1.165, 1.54) is 0 Å². The molecule has 124 valence electrons. The number of ether oxygens (including phenoxy) is 3. The zero-order chi connectivity index (χ0) is 15.7. The van der Waals surface area contributed by atoms with E-state index in [4.69, 9.17) is 25.1 Å². The lowest BCUT2D eigenvalue weighted by Crippen LogP contribution is -2.65. The molecule has 2 heterocycles. The van der Waals surface area contributed by atoms with Crippen molar-refractivity contribution in [3.8, 4) is 0 Å². The number of rotatable bonds is 3. The largest absolute Gasteiger partial charge is 0.394 e. The number of hydrogen-bond acceptors (Lipinski definition) is 10. The number of nitrogens with two attached hydrogens (primary N) is 1. The Balaban J connectivity index is 2.05. The molecule has 0 spiro atoms. The molecule has 0 amide bonds. The topological polar surface area (TPSA) is 175 Å². The van der Waals surface area contributed by atoms with E-state index in [9.17, 15) is 25.5 Å². The van der Waals surface area contributed by atoms with Gasteiger partial charge in [0.15, 0.2) is 12.6 Å². The van der Waals surface area contributed by atoms with E-state index >= 15 is 0 Å². The van der Waals surface area contributed by atoms with Gasteiger partial charge in [-0.1, -0.05) is 0 Å². The SMILES string of the molecule is NC1C(O)OC(CO)[C@H](O)[C@@H]1O[C@@H]1OC[C@@H](O)[C@H](O)C1O. The lowest BCUT2D eigenvalue weighted by molar-refractivity contribution is -0.323. The molecule has 2 aliphatic heterocycles. The summed E-state index contributed by atoms with van der Waals surface area (Å²) in [5.74, 6) is 0. The van der Waals surface area contributed by atoms with Crippen LogP contribution >= 0.6 is 0 Å². The maximum absolute atomic E-state index is 10.0. The third-order valence-corrected chi connectivity index (χ3v) is 3.67. The molecule has 9 atom stereocenters. The van der Waals surface area contributed by atoms with Crippen molar-refractivity contribution in [1.29, 1.82) is 0 Å². The Morgan fingerprint density at radius 2 is 1.71 bits per heavy atom. The molecule has 0 aromatic carbocycles. The first-order valence-corrected chi connectivity index (χ1v) is 6.56. The second-order valence-corrected chi connectivity index (χ2v) is 5.17. The van der Waals surface area contributed by atoms with Crippen molar-refractivity contribution in [1.82, 2.24) is 0 Å². The minimum Gasteiger partial charge on any atom is -0.394 e. The van der Waals surface area contributed by atoms with E-state index in [2.05, 4.69) is 0 Å². The van der Waals surface area contributed by atoms with Crippen molar-refractivity contribution in [2.24, 2.45) is 5.73 Å². The minimum absolute atomic E-state index is 0.274. The van der Waals surface area contributed by atoms with Crippen LogP contribution in [-0.4, -0.2) is 99.1 Å². The molecule has 10 nitrogen and oxygen atoms in total. The van der Waals surface area contributed by atoms with Gasteiger partial charge in [-0.05, 0) is 0 Å². The number of aliphatic hydroxyl groups excluding tert-OH is 6. The van der Waals surface area contributed by atoms with Gasteiger partial charge in [0.2, 0.25) is 0 Å². The normalized spacial score (nSPS) is 51.9. The van der Waals surface area contributed by atoms with Crippen molar-refractivity contribution < 1.29 is 44.8 Å². The van der Waals surface area contributed by atoms with Crippen LogP contribution in [0.5, 0.6) is 0 Å². The standard InChI is InChI=1S/C11H21NO9/c12-5-9(7(16)4(1-13)20-10(5)18)21-11-8(17)6(15)3(14)2-19-11/h3-11,13-18H,1-2,12H2/t3-,4?,5?,6+,7+,8?,9-,10?,11+/m1/s1. The second-order valence-electron chi connectivity index (χ2n) is 5.17. The molecule has 8 N–H and O–H groups in total. The average molecular weight is 311 g/mol.